The Hall–Kier alpha value is -6.02. The highest BCUT2D eigenvalue weighted by Crippen LogP contribution is 2.56. The number of carbonyl (C=O) groups is 3. The minimum Gasteiger partial charge on any atom is -0.348 e. The van der Waals surface area contributed by atoms with Gasteiger partial charge in [-0.25, -0.2) is 15.0 Å². The first-order valence-corrected chi connectivity index (χ1v) is 17.7. The molecular formula is C40H40N10O3. The number of anilines is 1. The second kappa shape index (κ2) is 14.2. The number of rotatable bonds is 14. The van der Waals surface area contributed by atoms with E-state index in [0.29, 0.717) is 24.9 Å². The maximum atomic E-state index is 13.3. The van der Waals surface area contributed by atoms with E-state index in [0.717, 1.165) is 61.6 Å². The minimum absolute atomic E-state index is 0.0648. The lowest BCUT2D eigenvalue weighted by Gasteiger charge is -2.43. The van der Waals surface area contributed by atoms with Crippen LogP contribution in [0.15, 0.2) is 92.2 Å². The Morgan fingerprint density at radius 2 is 0.981 bits per heavy atom. The van der Waals surface area contributed by atoms with Crippen molar-refractivity contribution in [3.63, 3.8) is 0 Å². The Labute approximate surface area is 305 Å². The van der Waals surface area contributed by atoms with Gasteiger partial charge in [0.15, 0.2) is 11.6 Å². The molecule has 0 radical (unpaired) electrons. The molecule has 53 heavy (non-hydrogen) atoms. The molecule has 0 saturated carbocycles. The van der Waals surface area contributed by atoms with E-state index < -0.39 is 18.1 Å². The van der Waals surface area contributed by atoms with E-state index in [1.807, 2.05) is 24.3 Å². The van der Waals surface area contributed by atoms with Crippen LogP contribution in [0.4, 0.5) is 5.69 Å². The molecule has 9 rings (SSSR count). The molecule has 0 unspecified atom stereocenters. The first kappa shape index (κ1) is 34.1. The lowest BCUT2D eigenvalue weighted by atomic mass is 9.60. The number of Topliss-reactive ketones (excluding diaryl/α,β-unsaturated/α-hetero) is 2. The quantitative estimate of drug-likeness (QED) is 0.0880. The molecule has 13 nitrogen and oxygen atoms in total. The number of imidazole rings is 3. The summed E-state index contributed by atoms with van der Waals surface area (Å²) in [6, 6.07) is 16.4. The lowest BCUT2D eigenvalue weighted by Crippen LogP contribution is -2.37. The summed E-state index contributed by atoms with van der Waals surface area (Å²) in [4.78, 5) is 60.9. The van der Waals surface area contributed by atoms with Crippen molar-refractivity contribution in [1.29, 1.82) is 0 Å². The third-order valence-corrected chi connectivity index (χ3v) is 10.4. The van der Waals surface area contributed by atoms with Gasteiger partial charge in [0.25, 0.3) is 0 Å². The van der Waals surface area contributed by atoms with Crippen LogP contribution in [0.2, 0.25) is 0 Å². The standard InChI is InChI=1S/C40H40N10O3/c41-33(12-24-15-44-18-47-24)36(51)9-21-1-4-27-30(7-21)39-31-8-22(10-37(52)34(42)13-25-16-45-19-48-25)2-5-28(31)38(27)29-6-3-23(11-32(29)39)50-40(53)35(43)14-26-17-46-20-49-26/h1-8,11,15-20,33-35,38-39H,9-10,12-14,41-43H2,(H,44,47)(H,45,48)(H,46,49)(H,50,53)/t33-,34-,35-,38?,39?/m0/s1. The van der Waals surface area contributed by atoms with E-state index in [9.17, 15) is 14.4 Å². The predicted molar refractivity (Wildman–Crippen MR) is 198 cm³/mol. The first-order valence-electron chi connectivity index (χ1n) is 17.7. The first-order chi connectivity index (χ1) is 25.7. The zero-order chi connectivity index (χ0) is 36.6. The molecule has 1 amide bonds. The van der Waals surface area contributed by atoms with Gasteiger partial charge in [-0.2, -0.15) is 0 Å². The third-order valence-electron chi connectivity index (χ3n) is 10.4. The number of aromatic amines is 3. The van der Waals surface area contributed by atoms with Crippen LogP contribution in [0.25, 0.3) is 0 Å². The second-order valence-corrected chi connectivity index (χ2v) is 14.1. The summed E-state index contributed by atoms with van der Waals surface area (Å²) >= 11 is 0. The topological polar surface area (TPSA) is 227 Å². The number of H-pyrrole nitrogens is 3. The van der Waals surface area contributed by atoms with Crippen LogP contribution in [0.1, 0.15) is 73.4 Å². The Morgan fingerprint density at radius 3 is 1.43 bits per heavy atom. The van der Waals surface area contributed by atoms with E-state index in [1.165, 1.54) is 0 Å². The Bertz CT molecular complexity index is 2030. The smallest absolute Gasteiger partial charge is 0.241 e. The van der Waals surface area contributed by atoms with Crippen molar-refractivity contribution in [2.45, 2.75) is 62.1 Å². The predicted octanol–water partition coefficient (Wildman–Crippen LogP) is 2.71. The molecule has 6 aromatic rings. The molecule has 3 aromatic heterocycles. The Balaban J connectivity index is 1.11. The van der Waals surface area contributed by atoms with Crippen LogP contribution in [-0.2, 0) is 46.5 Å². The van der Waals surface area contributed by atoms with E-state index >= 15 is 0 Å². The summed E-state index contributed by atoms with van der Waals surface area (Å²) in [6.07, 6.45) is 11.2. The van der Waals surface area contributed by atoms with Crippen molar-refractivity contribution in [2.75, 3.05) is 5.32 Å². The summed E-state index contributed by atoms with van der Waals surface area (Å²) in [5.74, 6) is -0.721. The number of nitrogens with one attached hydrogen (secondary N) is 4. The number of ketones is 2. The molecule has 2 bridgehead atoms. The molecule has 3 aromatic carbocycles. The zero-order valence-electron chi connectivity index (χ0n) is 28.9. The molecule has 3 aliphatic rings. The summed E-state index contributed by atoms with van der Waals surface area (Å²) in [5, 5.41) is 3.02. The second-order valence-electron chi connectivity index (χ2n) is 14.1. The van der Waals surface area contributed by atoms with Crippen molar-refractivity contribution in [3.05, 3.63) is 154 Å². The van der Waals surface area contributed by atoms with Crippen LogP contribution in [-0.4, -0.2) is 65.5 Å². The van der Waals surface area contributed by atoms with Gasteiger partial charge in [-0.15, -0.1) is 0 Å². The molecule has 0 fully saturated rings. The highest BCUT2D eigenvalue weighted by Gasteiger charge is 2.42. The van der Waals surface area contributed by atoms with Crippen LogP contribution in [0, 0.1) is 0 Å². The number of aromatic nitrogens is 6. The normalized spacial score (nSPS) is 17.0. The molecule has 0 aliphatic heterocycles. The molecule has 0 saturated heterocycles. The SMILES string of the molecule is N[C@@H](Cc1cnc[nH]1)C(=O)Cc1ccc2c(c1)C1c3cc(CC(=O)[C@@H](N)Cc4cnc[nH]4)ccc3C2c2ccc(NC(=O)[C@@H](N)Cc3cnc[nH]3)cc21. The van der Waals surface area contributed by atoms with E-state index in [-0.39, 0.29) is 42.2 Å². The maximum Gasteiger partial charge on any atom is 0.241 e. The van der Waals surface area contributed by atoms with Gasteiger partial charge >= 0.3 is 0 Å². The minimum atomic E-state index is -0.774. The fourth-order valence-corrected chi connectivity index (χ4v) is 7.78. The molecule has 13 heteroatoms. The average molecular weight is 709 g/mol. The highest BCUT2D eigenvalue weighted by atomic mass is 16.2. The third kappa shape index (κ3) is 6.85. The van der Waals surface area contributed by atoms with Crippen molar-refractivity contribution >= 4 is 23.2 Å². The van der Waals surface area contributed by atoms with Gasteiger partial charge < -0.3 is 37.5 Å². The summed E-state index contributed by atoms with van der Waals surface area (Å²) in [7, 11) is 0. The van der Waals surface area contributed by atoms with Crippen LogP contribution in [0.5, 0.6) is 0 Å². The maximum absolute atomic E-state index is 13.3. The molecule has 268 valence electrons. The van der Waals surface area contributed by atoms with Crippen molar-refractivity contribution < 1.29 is 14.4 Å². The molecule has 3 atom stereocenters. The molecule has 3 heterocycles. The Kier molecular flexibility index (Phi) is 9.12. The number of hydrogen-bond donors (Lipinski definition) is 7. The van der Waals surface area contributed by atoms with Gasteiger partial charge in [0, 0.05) is 85.3 Å². The number of nitrogens with two attached hydrogens (primary N) is 3. The molecule has 0 spiro atoms. The van der Waals surface area contributed by atoms with Gasteiger partial charge in [-0.1, -0.05) is 42.5 Å². The number of amides is 1. The number of nitrogens with zero attached hydrogens (tertiary/aromatic N) is 3. The van der Waals surface area contributed by atoms with Gasteiger partial charge in [-0.3, -0.25) is 14.4 Å². The highest BCUT2D eigenvalue weighted by molar-refractivity contribution is 5.95. The van der Waals surface area contributed by atoms with Gasteiger partial charge in [-0.05, 0) is 56.6 Å². The molecule has 10 N–H and O–H groups in total. The van der Waals surface area contributed by atoms with Crippen LogP contribution in [0.3, 0.4) is 0 Å². The number of carbonyl (C=O) groups excluding carboxylic acids is 3. The fourth-order valence-electron chi connectivity index (χ4n) is 7.78. The summed E-state index contributed by atoms with van der Waals surface area (Å²) in [5.41, 5.74) is 30.4. The van der Waals surface area contributed by atoms with Gasteiger partial charge in [0.05, 0.1) is 37.1 Å². The van der Waals surface area contributed by atoms with E-state index in [4.69, 9.17) is 17.2 Å². The largest absolute Gasteiger partial charge is 0.348 e. The number of benzene rings is 3. The number of hydrogen-bond acceptors (Lipinski definition) is 9. The monoisotopic (exact) mass is 708 g/mol. The lowest BCUT2D eigenvalue weighted by molar-refractivity contribution is -0.120. The molecule has 3 aliphatic carbocycles. The van der Waals surface area contributed by atoms with E-state index in [1.54, 1.807) is 37.6 Å². The van der Waals surface area contributed by atoms with Gasteiger partial charge in [0.2, 0.25) is 5.91 Å². The van der Waals surface area contributed by atoms with Crippen molar-refractivity contribution in [2.24, 2.45) is 17.2 Å². The van der Waals surface area contributed by atoms with Crippen molar-refractivity contribution in [1.82, 2.24) is 29.9 Å². The van der Waals surface area contributed by atoms with Crippen molar-refractivity contribution in [3.8, 4) is 0 Å². The van der Waals surface area contributed by atoms with Crippen LogP contribution >= 0.6 is 0 Å². The van der Waals surface area contributed by atoms with Crippen LogP contribution < -0.4 is 22.5 Å². The summed E-state index contributed by atoms with van der Waals surface area (Å²) in [6.45, 7) is 0. The fraction of sp³-hybridized carbons (Fsp3) is 0.250. The summed E-state index contributed by atoms with van der Waals surface area (Å²) < 4.78 is 0. The Morgan fingerprint density at radius 1 is 0.566 bits per heavy atom. The molecular weight excluding hydrogens is 669 g/mol. The zero-order valence-corrected chi connectivity index (χ0v) is 28.9. The van der Waals surface area contributed by atoms with E-state index in [2.05, 4.69) is 65.6 Å². The van der Waals surface area contributed by atoms with Gasteiger partial charge in [0.1, 0.15) is 0 Å². The average Bonchev–Trinajstić information content (AvgIpc) is 3.97.